The number of nitrogens with zero attached hydrogens (tertiary/aromatic N) is 2. The van der Waals surface area contributed by atoms with Crippen molar-refractivity contribution in [3.05, 3.63) is 51.5 Å². The summed E-state index contributed by atoms with van der Waals surface area (Å²) in [4.78, 5) is 19.7. The third kappa shape index (κ3) is 4.33. The van der Waals surface area contributed by atoms with Crippen molar-refractivity contribution in [2.75, 3.05) is 19.6 Å². The van der Waals surface area contributed by atoms with Gasteiger partial charge in [0.15, 0.2) is 0 Å². The summed E-state index contributed by atoms with van der Waals surface area (Å²) in [6.45, 7) is 11.0. The highest BCUT2D eigenvalue weighted by atomic mass is 32.1. The number of nitrogens with one attached hydrogen (secondary N) is 1. The average molecular weight is 372 g/mol. The van der Waals surface area contributed by atoms with Crippen molar-refractivity contribution >= 4 is 17.2 Å². The van der Waals surface area contributed by atoms with Crippen LogP contribution in [-0.4, -0.2) is 35.4 Å². The molecule has 1 saturated heterocycles. The Balaban J connectivity index is 1.74. The lowest BCUT2D eigenvalue weighted by Gasteiger charge is -2.36. The van der Waals surface area contributed by atoms with Crippen molar-refractivity contribution in [2.45, 2.75) is 52.0 Å². The Labute approximate surface area is 160 Å². The lowest BCUT2D eigenvalue weighted by Crippen LogP contribution is -2.49. The van der Waals surface area contributed by atoms with Crippen molar-refractivity contribution in [1.82, 2.24) is 15.2 Å². The SMILES string of the molecule is CCc1ccc(C2CNCCN2C(=O)Cc2csc(C(C)(C)C)n2)cc1. The van der Waals surface area contributed by atoms with Crippen molar-refractivity contribution in [2.24, 2.45) is 0 Å². The van der Waals surface area contributed by atoms with Gasteiger partial charge in [-0.3, -0.25) is 4.79 Å². The minimum absolute atomic E-state index is 0.0323. The van der Waals surface area contributed by atoms with Crippen LogP contribution in [0.4, 0.5) is 0 Å². The molecule has 5 heteroatoms. The molecule has 0 radical (unpaired) electrons. The summed E-state index contributed by atoms with van der Waals surface area (Å²) in [7, 11) is 0. The number of thiazole rings is 1. The molecular weight excluding hydrogens is 342 g/mol. The molecule has 1 aliphatic heterocycles. The maximum atomic E-state index is 13.0. The van der Waals surface area contributed by atoms with Crippen LogP contribution in [0.1, 0.15) is 55.6 Å². The molecular formula is C21H29N3OS. The fourth-order valence-electron chi connectivity index (χ4n) is 3.27. The first kappa shape index (κ1) is 19.1. The number of benzene rings is 1. The molecule has 1 aromatic heterocycles. The van der Waals surface area contributed by atoms with Crippen molar-refractivity contribution < 1.29 is 4.79 Å². The normalized spacial score (nSPS) is 18.2. The van der Waals surface area contributed by atoms with Crippen molar-refractivity contribution in [1.29, 1.82) is 0 Å². The second-order valence-electron chi connectivity index (χ2n) is 7.97. The first-order chi connectivity index (χ1) is 12.4. The monoisotopic (exact) mass is 371 g/mol. The highest BCUT2D eigenvalue weighted by Crippen LogP contribution is 2.27. The molecule has 4 nitrogen and oxygen atoms in total. The minimum atomic E-state index is 0.0323. The van der Waals surface area contributed by atoms with Gasteiger partial charge in [0.25, 0.3) is 0 Å². The quantitative estimate of drug-likeness (QED) is 0.891. The van der Waals surface area contributed by atoms with Gasteiger partial charge >= 0.3 is 0 Å². The van der Waals surface area contributed by atoms with Gasteiger partial charge in [-0.2, -0.15) is 0 Å². The van der Waals surface area contributed by atoms with Gasteiger partial charge in [0.1, 0.15) is 0 Å². The Hall–Kier alpha value is -1.72. The lowest BCUT2D eigenvalue weighted by molar-refractivity contribution is -0.133. The molecule has 140 valence electrons. The zero-order chi connectivity index (χ0) is 18.7. The minimum Gasteiger partial charge on any atom is -0.333 e. The molecule has 1 aromatic carbocycles. The smallest absolute Gasteiger partial charge is 0.229 e. The van der Waals surface area contributed by atoms with Crippen LogP contribution in [0.3, 0.4) is 0 Å². The summed E-state index contributed by atoms with van der Waals surface area (Å²) in [5.41, 5.74) is 3.46. The molecule has 1 unspecified atom stereocenters. The van der Waals surface area contributed by atoms with Gasteiger partial charge < -0.3 is 10.2 Å². The van der Waals surface area contributed by atoms with Crippen LogP contribution in [0.15, 0.2) is 29.6 Å². The Morgan fingerprint density at radius 1 is 1.31 bits per heavy atom. The summed E-state index contributed by atoms with van der Waals surface area (Å²) >= 11 is 1.65. The Morgan fingerprint density at radius 2 is 2.04 bits per heavy atom. The van der Waals surface area contributed by atoms with Crippen LogP contribution in [0, 0.1) is 0 Å². The van der Waals surface area contributed by atoms with E-state index >= 15 is 0 Å². The van der Waals surface area contributed by atoms with E-state index in [1.54, 1.807) is 11.3 Å². The maximum Gasteiger partial charge on any atom is 0.229 e. The zero-order valence-electron chi connectivity index (χ0n) is 16.2. The van der Waals surface area contributed by atoms with E-state index in [4.69, 9.17) is 4.98 Å². The van der Waals surface area contributed by atoms with Crippen LogP contribution in [0.2, 0.25) is 0 Å². The predicted octanol–water partition coefficient (Wildman–Crippen LogP) is 3.72. The number of rotatable bonds is 4. The predicted molar refractivity (Wildman–Crippen MR) is 108 cm³/mol. The van der Waals surface area contributed by atoms with Gasteiger partial charge in [0, 0.05) is 30.4 Å². The average Bonchev–Trinajstić information content (AvgIpc) is 3.11. The second-order valence-corrected chi connectivity index (χ2v) is 8.83. The van der Waals surface area contributed by atoms with Gasteiger partial charge in [-0.1, -0.05) is 52.0 Å². The molecule has 1 atom stereocenters. The third-order valence-electron chi connectivity index (χ3n) is 4.86. The van der Waals surface area contributed by atoms with E-state index in [0.717, 1.165) is 36.8 Å². The summed E-state index contributed by atoms with van der Waals surface area (Å²) in [5, 5.41) is 6.55. The molecule has 2 heterocycles. The number of aromatic nitrogens is 1. The Morgan fingerprint density at radius 3 is 2.65 bits per heavy atom. The van der Waals surface area contributed by atoms with E-state index in [-0.39, 0.29) is 17.4 Å². The van der Waals surface area contributed by atoms with E-state index in [1.165, 1.54) is 11.1 Å². The number of hydrogen-bond donors (Lipinski definition) is 1. The third-order valence-corrected chi connectivity index (χ3v) is 6.18. The van der Waals surface area contributed by atoms with Crippen LogP contribution < -0.4 is 5.32 Å². The number of carbonyl (C=O) groups excluding carboxylic acids is 1. The van der Waals surface area contributed by atoms with Gasteiger partial charge in [-0.05, 0) is 17.5 Å². The Bertz CT molecular complexity index is 745. The molecule has 0 bridgehead atoms. The zero-order valence-corrected chi connectivity index (χ0v) is 17.0. The molecule has 1 fully saturated rings. The van der Waals surface area contributed by atoms with Crippen molar-refractivity contribution in [3.8, 4) is 0 Å². The largest absolute Gasteiger partial charge is 0.333 e. The molecule has 26 heavy (non-hydrogen) atoms. The molecule has 1 amide bonds. The van der Waals surface area contributed by atoms with Gasteiger partial charge in [-0.15, -0.1) is 11.3 Å². The summed E-state index contributed by atoms with van der Waals surface area (Å²) in [5.74, 6) is 0.168. The fraction of sp³-hybridized carbons (Fsp3) is 0.524. The van der Waals surface area contributed by atoms with E-state index < -0.39 is 0 Å². The standard InChI is InChI=1S/C21H29N3OS/c1-5-15-6-8-16(9-7-15)18-13-22-10-11-24(18)19(25)12-17-14-26-20(23-17)21(2,3)4/h6-9,14,18,22H,5,10-13H2,1-4H3. The maximum absolute atomic E-state index is 13.0. The van der Waals surface area contributed by atoms with E-state index in [2.05, 4.69) is 57.3 Å². The molecule has 0 saturated carbocycles. The number of carbonyl (C=O) groups is 1. The molecule has 1 N–H and O–H groups in total. The number of piperazine rings is 1. The van der Waals surface area contributed by atoms with Crippen molar-refractivity contribution in [3.63, 3.8) is 0 Å². The molecule has 3 rings (SSSR count). The van der Waals surface area contributed by atoms with Crippen LogP contribution >= 0.6 is 11.3 Å². The number of amides is 1. The molecule has 0 aliphatic carbocycles. The van der Waals surface area contributed by atoms with Gasteiger partial charge in [0.2, 0.25) is 5.91 Å². The highest BCUT2D eigenvalue weighted by molar-refractivity contribution is 7.09. The second kappa shape index (κ2) is 7.89. The van der Waals surface area contributed by atoms with E-state index in [1.807, 2.05) is 10.3 Å². The first-order valence-corrected chi connectivity index (χ1v) is 10.3. The lowest BCUT2D eigenvalue weighted by atomic mass is 9.98. The van der Waals surface area contributed by atoms with Crippen LogP contribution in [0.5, 0.6) is 0 Å². The number of hydrogen-bond acceptors (Lipinski definition) is 4. The molecule has 0 spiro atoms. The van der Waals surface area contributed by atoms with Gasteiger partial charge in [0.05, 0.1) is 23.2 Å². The summed E-state index contributed by atoms with van der Waals surface area (Å²) in [6, 6.07) is 8.77. The molecule has 1 aliphatic rings. The fourth-order valence-corrected chi connectivity index (χ4v) is 4.17. The Kier molecular flexibility index (Phi) is 5.78. The topological polar surface area (TPSA) is 45.2 Å². The van der Waals surface area contributed by atoms with E-state index in [0.29, 0.717) is 6.42 Å². The number of aryl methyl sites for hydroxylation is 1. The highest BCUT2D eigenvalue weighted by Gasteiger charge is 2.28. The van der Waals surface area contributed by atoms with Gasteiger partial charge in [-0.25, -0.2) is 4.98 Å². The first-order valence-electron chi connectivity index (χ1n) is 9.42. The van der Waals surface area contributed by atoms with Crippen LogP contribution in [-0.2, 0) is 23.1 Å². The summed E-state index contributed by atoms with van der Waals surface area (Å²) in [6.07, 6.45) is 1.42. The van der Waals surface area contributed by atoms with E-state index in [9.17, 15) is 4.79 Å². The van der Waals surface area contributed by atoms with Crippen LogP contribution in [0.25, 0.3) is 0 Å². The summed E-state index contributed by atoms with van der Waals surface area (Å²) < 4.78 is 0. The molecule has 2 aromatic rings.